The van der Waals surface area contributed by atoms with Crippen LogP contribution in [0.3, 0.4) is 0 Å². The summed E-state index contributed by atoms with van der Waals surface area (Å²) in [5, 5.41) is 2.97. The van der Waals surface area contributed by atoms with Gasteiger partial charge in [-0.3, -0.25) is 9.59 Å². The van der Waals surface area contributed by atoms with E-state index in [9.17, 15) is 9.59 Å². The Kier molecular flexibility index (Phi) is 6.71. The van der Waals surface area contributed by atoms with Crippen molar-refractivity contribution >= 4 is 29.3 Å². The van der Waals surface area contributed by atoms with Gasteiger partial charge >= 0.3 is 0 Å². The molecule has 0 bridgehead atoms. The number of aryl methyl sites for hydroxylation is 1. The normalized spacial score (nSPS) is 15.8. The number of hydrogen-bond acceptors (Lipinski definition) is 3. The van der Waals surface area contributed by atoms with E-state index in [0.717, 1.165) is 23.4 Å². The first-order valence-electron chi connectivity index (χ1n) is 9.34. The molecule has 144 valence electrons. The molecule has 0 aromatic heterocycles. The van der Waals surface area contributed by atoms with Gasteiger partial charge < -0.3 is 10.2 Å². The van der Waals surface area contributed by atoms with E-state index in [1.807, 2.05) is 49.4 Å². The monoisotopic (exact) mass is 392 g/mol. The molecule has 0 radical (unpaired) electrons. The van der Waals surface area contributed by atoms with Crippen molar-refractivity contribution in [2.45, 2.75) is 30.7 Å². The fourth-order valence-corrected chi connectivity index (χ4v) is 4.11. The van der Waals surface area contributed by atoms with Crippen LogP contribution < -0.4 is 10.2 Å². The lowest BCUT2D eigenvalue weighted by Crippen LogP contribution is -2.36. The summed E-state index contributed by atoms with van der Waals surface area (Å²) in [5.41, 5.74) is 2.10. The predicted molar refractivity (Wildman–Crippen MR) is 115 cm³/mol. The summed E-state index contributed by atoms with van der Waals surface area (Å²) in [4.78, 5) is 28.3. The van der Waals surface area contributed by atoms with Gasteiger partial charge in [0, 0.05) is 23.6 Å². The summed E-state index contributed by atoms with van der Waals surface area (Å²) in [6.45, 7) is 6.12. The van der Waals surface area contributed by atoms with E-state index >= 15 is 0 Å². The third-order valence-corrected chi connectivity index (χ3v) is 5.58. The van der Waals surface area contributed by atoms with Crippen molar-refractivity contribution in [3.63, 3.8) is 0 Å². The number of thioether (sulfide) groups is 1. The molecule has 1 unspecified atom stereocenters. The SMILES string of the molecule is C=CCN1C(=O)C(=CC(=O)NC(C)CCc2ccccc2)Sc2ccccc21. The Labute approximate surface area is 170 Å². The molecule has 0 saturated heterocycles. The number of carbonyl (C=O) groups excluding carboxylic acids is 2. The highest BCUT2D eigenvalue weighted by atomic mass is 32.2. The second-order valence-electron chi connectivity index (χ2n) is 6.72. The summed E-state index contributed by atoms with van der Waals surface area (Å²) in [6, 6.07) is 17.9. The van der Waals surface area contributed by atoms with Crippen molar-refractivity contribution in [2.24, 2.45) is 0 Å². The van der Waals surface area contributed by atoms with E-state index in [1.165, 1.54) is 23.4 Å². The van der Waals surface area contributed by atoms with Gasteiger partial charge in [-0.05, 0) is 37.5 Å². The van der Waals surface area contributed by atoms with Crippen molar-refractivity contribution in [1.82, 2.24) is 5.32 Å². The van der Waals surface area contributed by atoms with Gasteiger partial charge in [-0.2, -0.15) is 0 Å². The molecule has 1 N–H and O–H groups in total. The fourth-order valence-electron chi connectivity index (χ4n) is 3.08. The number of para-hydroxylation sites is 1. The molecule has 0 spiro atoms. The third-order valence-electron chi connectivity index (χ3n) is 4.50. The van der Waals surface area contributed by atoms with E-state index in [1.54, 1.807) is 11.0 Å². The Morgan fingerprint density at radius 2 is 1.89 bits per heavy atom. The smallest absolute Gasteiger partial charge is 0.265 e. The minimum Gasteiger partial charge on any atom is -0.350 e. The molecule has 1 atom stereocenters. The maximum atomic E-state index is 12.8. The first kappa shape index (κ1) is 20.0. The maximum Gasteiger partial charge on any atom is 0.265 e. The van der Waals surface area contributed by atoms with E-state index in [-0.39, 0.29) is 17.9 Å². The van der Waals surface area contributed by atoms with Crippen molar-refractivity contribution in [3.8, 4) is 0 Å². The molecule has 3 rings (SSSR count). The number of nitrogens with zero attached hydrogens (tertiary/aromatic N) is 1. The number of hydrogen-bond donors (Lipinski definition) is 1. The van der Waals surface area contributed by atoms with Gasteiger partial charge in [0.05, 0.1) is 10.6 Å². The number of carbonyl (C=O) groups is 2. The van der Waals surface area contributed by atoms with Gasteiger partial charge in [-0.15, -0.1) is 6.58 Å². The Balaban J connectivity index is 1.65. The van der Waals surface area contributed by atoms with Crippen LogP contribution in [0.15, 0.2) is 83.1 Å². The third kappa shape index (κ3) is 4.93. The standard InChI is InChI=1S/C23H24N2O2S/c1-3-15-25-19-11-7-8-12-20(19)28-21(23(25)27)16-22(26)24-17(2)13-14-18-9-5-4-6-10-18/h3-12,16-17H,1,13-15H2,2H3,(H,24,26). The van der Waals surface area contributed by atoms with Gasteiger partial charge in [0.15, 0.2) is 0 Å². The minimum absolute atomic E-state index is 0.0183. The number of amides is 2. The number of nitrogens with one attached hydrogen (secondary N) is 1. The summed E-state index contributed by atoms with van der Waals surface area (Å²) in [5.74, 6) is -0.412. The predicted octanol–water partition coefficient (Wildman–Crippen LogP) is 4.33. The Bertz CT molecular complexity index is 892. The Morgan fingerprint density at radius 3 is 2.64 bits per heavy atom. The quantitative estimate of drug-likeness (QED) is 0.563. The zero-order valence-corrected chi connectivity index (χ0v) is 16.7. The second-order valence-corrected chi connectivity index (χ2v) is 7.80. The molecular formula is C23H24N2O2S. The van der Waals surface area contributed by atoms with Crippen LogP contribution >= 0.6 is 11.8 Å². The molecule has 2 aromatic rings. The second kappa shape index (κ2) is 9.42. The highest BCUT2D eigenvalue weighted by molar-refractivity contribution is 8.04. The van der Waals surface area contributed by atoms with E-state index in [0.29, 0.717) is 11.4 Å². The van der Waals surface area contributed by atoms with Crippen molar-refractivity contribution < 1.29 is 9.59 Å². The van der Waals surface area contributed by atoms with E-state index in [4.69, 9.17) is 0 Å². The van der Waals surface area contributed by atoms with Crippen LogP contribution in [0, 0.1) is 0 Å². The van der Waals surface area contributed by atoms with Crippen LogP contribution in [-0.4, -0.2) is 24.4 Å². The Morgan fingerprint density at radius 1 is 1.18 bits per heavy atom. The van der Waals surface area contributed by atoms with Crippen molar-refractivity contribution in [2.75, 3.05) is 11.4 Å². The maximum absolute atomic E-state index is 12.8. The van der Waals surface area contributed by atoms with Gasteiger partial charge in [-0.1, -0.05) is 60.3 Å². The topological polar surface area (TPSA) is 49.4 Å². The molecule has 1 heterocycles. The molecule has 4 nitrogen and oxygen atoms in total. The summed E-state index contributed by atoms with van der Waals surface area (Å²) >= 11 is 1.34. The number of anilines is 1. The molecule has 0 saturated carbocycles. The highest BCUT2D eigenvalue weighted by Gasteiger charge is 2.28. The number of benzene rings is 2. The molecule has 2 amide bonds. The van der Waals surface area contributed by atoms with Crippen LogP contribution in [0.25, 0.3) is 0 Å². The van der Waals surface area contributed by atoms with Crippen LogP contribution in [0.2, 0.25) is 0 Å². The van der Waals surface area contributed by atoms with Crippen LogP contribution in [-0.2, 0) is 16.0 Å². The lowest BCUT2D eigenvalue weighted by molar-refractivity contribution is -0.118. The molecule has 28 heavy (non-hydrogen) atoms. The van der Waals surface area contributed by atoms with Crippen LogP contribution in [0.1, 0.15) is 18.9 Å². The average molecular weight is 393 g/mol. The summed E-state index contributed by atoms with van der Waals surface area (Å²) in [7, 11) is 0. The van der Waals surface area contributed by atoms with Crippen molar-refractivity contribution in [1.29, 1.82) is 0 Å². The molecule has 1 aliphatic rings. The van der Waals surface area contributed by atoms with Gasteiger partial charge in [0.1, 0.15) is 0 Å². The Hall–Kier alpha value is -2.79. The summed E-state index contributed by atoms with van der Waals surface area (Å²) < 4.78 is 0. The lowest BCUT2D eigenvalue weighted by atomic mass is 10.1. The van der Waals surface area contributed by atoms with Gasteiger partial charge in [0.25, 0.3) is 5.91 Å². The van der Waals surface area contributed by atoms with Gasteiger partial charge in [-0.25, -0.2) is 0 Å². The first-order chi connectivity index (χ1) is 13.6. The molecule has 2 aromatic carbocycles. The molecule has 1 aliphatic heterocycles. The number of fused-ring (bicyclic) bond motifs is 1. The van der Waals surface area contributed by atoms with Crippen LogP contribution in [0.4, 0.5) is 5.69 Å². The average Bonchev–Trinajstić information content (AvgIpc) is 2.70. The van der Waals surface area contributed by atoms with E-state index < -0.39 is 0 Å². The highest BCUT2D eigenvalue weighted by Crippen LogP contribution is 2.41. The molecule has 0 aliphatic carbocycles. The molecule has 0 fully saturated rings. The largest absolute Gasteiger partial charge is 0.350 e. The van der Waals surface area contributed by atoms with E-state index in [2.05, 4.69) is 24.0 Å². The fraction of sp³-hybridized carbons (Fsp3) is 0.217. The first-order valence-corrected chi connectivity index (χ1v) is 10.2. The van der Waals surface area contributed by atoms with Gasteiger partial charge in [0.2, 0.25) is 5.91 Å². The zero-order chi connectivity index (χ0) is 19.9. The summed E-state index contributed by atoms with van der Waals surface area (Å²) in [6.07, 6.45) is 4.84. The van der Waals surface area contributed by atoms with Crippen molar-refractivity contribution in [3.05, 3.63) is 83.8 Å². The molecule has 5 heteroatoms. The lowest BCUT2D eigenvalue weighted by Gasteiger charge is -2.29. The zero-order valence-electron chi connectivity index (χ0n) is 15.9. The minimum atomic E-state index is -0.241. The number of rotatable bonds is 7. The van der Waals surface area contributed by atoms with Crippen LogP contribution in [0.5, 0.6) is 0 Å². The molecular weight excluding hydrogens is 368 g/mol.